The van der Waals surface area contributed by atoms with Crippen LogP contribution in [0.25, 0.3) is 10.9 Å². The Kier molecular flexibility index (Phi) is 3.07. The van der Waals surface area contributed by atoms with E-state index in [0.717, 1.165) is 29.7 Å². The van der Waals surface area contributed by atoms with Crippen LogP contribution in [-0.4, -0.2) is 28.8 Å². The third-order valence-corrected chi connectivity index (χ3v) is 5.49. The first kappa shape index (κ1) is 14.7. The molecule has 2 heterocycles. The van der Waals surface area contributed by atoms with Crippen LogP contribution in [-0.2, 0) is 17.4 Å². The lowest BCUT2D eigenvalue weighted by atomic mass is 9.96. The fraction of sp³-hybridized carbons (Fsp3) is 0.556. The summed E-state index contributed by atoms with van der Waals surface area (Å²) in [7, 11) is 1.97. The second-order valence-electron chi connectivity index (χ2n) is 7.57. The average Bonchev–Trinajstić information content (AvgIpc) is 2.81. The predicted molar refractivity (Wildman–Crippen MR) is 90.0 cm³/mol. The summed E-state index contributed by atoms with van der Waals surface area (Å²) in [6, 6.07) is 6.24. The van der Waals surface area contributed by atoms with Gasteiger partial charge in [-0.25, -0.2) is 0 Å². The summed E-state index contributed by atoms with van der Waals surface area (Å²) in [6.07, 6.45) is 0. The zero-order chi connectivity index (χ0) is 16.4. The lowest BCUT2D eigenvalue weighted by molar-refractivity contribution is -0.124. The van der Waals surface area contributed by atoms with Gasteiger partial charge in [-0.05, 0) is 51.3 Å². The molecule has 1 saturated heterocycles. The van der Waals surface area contributed by atoms with Crippen molar-refractivity contribution >= 4 is 16.8 Å². The van der Waals surface area contributed by atoms with Gasteiger partial charge in [-0.1, -0.05) is 18.2 Å². The largest absolute Gasteiger partial charge is 0.345 e. The van der Waals surface area contributed by atoms with Crippen LogP contribution < -0.4 is 10.6 Å². The number of nitrogens with one attached hydrogen (secondary N) is 2. The molecule has 1 aliphatic heterocycles. The van der Waals surface area contributed by atoms with Gasteiger partial charge >= 0.3 is 0 Å². The first-order valence-electron chi connectivity index (χ1n) is 8.35. The van der Waals surface area contributed by atoms with E-state index in [4.69, 9.17) is 5.10 Å². The molecule has 5 heteroatoms. The van der Waals surface area contributed by atoms with E-state index in [1.165, 1.54) is 5.56 Å². The summed E-state index contributed by atoms with van der Waals surface area (Å²) in [5, 5.41) is 12.4. The van der Waals surface area contributed by atoms with Crippen molar-refractivity contribution in [2.24, 2.45) is 24.8 Å². The van der Waals surface area contributed by atoms with Crippen molar-refractivity contribution < 1.29 is 4.79 Å². The Labute approximate surface area is 136 Å². The van der Waals surface area contributed by atoms with Crippen LogP contribution in [0, 0.1) is 24.7 Å². The highest BCUT2D eigenvalue weighted by Crippen LogP contribution is 2.49. The molecule has 2 fully saturated rings. The Hall–Kier alpha value is -1.88. The molecule has 1 amide bonds. The lowest BCUT2D eigenvalue weighted by Crippen LogP contribution is -2.43. The number of nitrogens with zero attached hydrogens (tertiary/aromatic N) is 2. The molecule has 0 spiro atoms. The van der Waals surface area contributed by atoms with E-state index >= 15 is 0 Å². The van der Waals surface area contributed by atoms with Gasteiger partial charge in [-0.3, -0.25) is 9.48 Å². The number of fused-ring (bicyclic) bond motifs is 2. The summed E-state index contributed by atoms with van der Waals surface area (Å²) in [5.41, 5.74) is 2.80. The van der Waals surface area contributed by atoms with Crippen LogP contribution in [0.5, 0.6) is 0 Å². The first-order chi connectivity index (χ1) is 10.9. The van der Waals surface area contributed by atoms with E-state index in [1.807, 2.05) is 25.6 Å². The Morgan fingerprint density at radius 3 is 2.74 bits per heavy atom. The molecule has 4 rings (SSSR count). The maximum atomic E-state index is 12.6. The third kappa shape index (κ3) is 2.17. The van der Waals surface area contributed by atoms with Crippen molar-refractivity contribution in [3.63, 3.8) is 0 Å². The van der Waals surface area contributed by atoms with Crippen molar-refractivity contribution in [3.05, 3.63) is 29.5 Å². The van der Waals surface area contributed by atoms with Crippen LogP contribution in [0.15, 0.2) is 18.2 Å². The Morgan fingerprint density at radius 1 is 1.35 bits per heavy atom. The summed E-state index contributed by atoms with van der Waals surface area (Å²) in [6.45, 7) is 8.15. The van der Waals surface area contributed by atoms with Gasteiger partial charge in [0, 0.05) is 18.4 Å². The fourth-order valence-corrected chi connectivity index (χ4v) is 4.25. The van der Waals surface area contributed by atoms with E-state index in [2.05, 4.69) is 35.8 Å². The highest BCUT2D eigenvalue weighted by molar-refractivity contribution is 5.88. The molecule has 0 bridgehead atoms. The van der Waals surface area contributed by atoms with E-state index in [9.17, 15) is 4.79 Å². The molecule has 122 valence electrons. The van der Waals surface area contributed by atoms with Gasteiger partial charge < -0.3 is 10.6 Å². The standard InChI is InChI=1S/C18H24N4O/c1-10-6-5-7-11-15(10)22(4)21-16(11)18(2,3)20-17(23)14-12-8-19-9-13(12)14/h5-7,12-14,19H,8-9H2,1-4H3,(H,20,23)/t12-,13?,14?/m0/s1. The number of hydrogen-bond donors (Lipinski definition) is 2. The molecule has 1 saturated carbocycles. The summed E-state index contributed by atoms with van der Waals surface area (Å²) in [4.78, 5) is 12.6. The summed E-state index contributed by atoms with van der Waals surface area (Å²) < 4.78 is 1.92. The molecule has 2 N–H and O–H groups in total. The molecule has 2 aromatic rings. The Morgan fingerprint density at radius 2 is 2.04 bits per heavy atom. The van der Waals surface area contributed by atoms with Crippen molar-refractivity contribution in [2.45, 2.75) is 26.3 Å². The van der Waals surface area contributed by atoms with Crippen molar-refractivity contribution in [1.29, 1.82) is 0 Å². The normalized spacial score (nSPS) is 26.3. The number of carbonyl (C=O) groups excluding carboxylic acids is 1. The smallest absolute Gasteiger partial charge is 0.224 e. The van der Waals surface area contributed by atoms with Crippen LogP contribution in [0.2, 0.25) is 0 Å². The second kappa shape index (κ2) is 4.81. The predicted octanol–water partition coefficient (Wildman–Crippen LogP) is 1.70. The van der Waals surface area contributed by atoms with Crippen molar-refractivity contribution in [3.8, 4) is 0 Å². The highest BCUT2D eigenvalue weighted by atomic mass is 16.2. The minimum Gasteiger partial charge on any atom is -0.345 e. The van der Waals surface area contributed by atoms with Crippen molar-refractivity contribution in [2.75, 3.05) is 13.1 Å². The zero-order valence-corrected chi connectivity index (χ0v) is 14.2. The molecule has 0 radical (unpaired) electrons. The number of para-hydroxylation sites is 1. The molecule has 1 aliphatic carbocycles. The number of amides is 1. The molecular weight excluding hydrogens is 288 g/mol. The number of piperidine rings is 1. The minimum atomic E-state index is -0.477. The average molecular weight is 312 g/mol. The monoisotopic (exact) mass is 312 g/mol. The molecule has 2 unspecified atom stereocenters. The lowest BCUT2D eigenvalue weighted by Gasteiger charge is -2.25. The number of rotatable bonds is 3. The number of benzene rings is 1. The maximum Gasteiger partial charge on any atom is 0.224 e. The van der Waals surface area contributed by atoms with Crippen LogP contribution >= 0.6 is 0 Å². The van der Waals surface area contributed by atoms with E-state index in [1.54, 1.807) is 0 Å². The Bertz CT molecular complexity index is 782. The van der Waals surface area contributed by atoms with Gasteiger partial charge in [0.15, 0.2) is 0 Å². The van der Waals surface area contributed by atoms with Gasteiger partial charge in [-0.2, -0.15) is 5.10 Å². The Balaban J connectivity index is 1.64. The molecule has 23 heavy (non-hydrogen) atoms. The van der Waals surface area contributed by atoms with E-state index in [-0.39, 0.29) is 11.8 Å². The number of carbonyl (C=O) groups is 1. The van der Waals surface area contributed by atoms with Gasteiger partial charge in [-0.15, -0.1) is 0 Å². The zero-order valence-electron chi connectivity index (χ0n) is 14.2. The highest BCUT2D eigenvalue weighted by Gasteiger charge is 2.57. The van der Waals surface area contributed by atoms with Crippen molar-refractivity contribution in [1.82, 2.24) is 20.4 Å². The summed E-state index contributed by atoms with van der Waals surface area (Å²) >= 11 is 0. The third-order valence-electron chi connectivity index (χ3n) is 5.49. The molecule has 1 aromatic heterocycles. The number of aryl methyl sites for hydroxylation is 2. The molecule has 3 atom stereocenters. The second-order valence-corrected chi connectivity index (χ2v) is 7.57. The number of aromatic nitrogens is 2. The fourth-order valence-electron chi connectivity index (χ4n) is 4.25. The van der Waals surface area contributed by atoms with Gasteiger partial charge in [0.2, 0.25) is 5.91 Å². The van der Waals surface area contributed by atoms with Gasteiger partial charge in [0.25, 0.3) is 0 Å². The molecule has 2 aliphatic rings. The van der Waals surface area contributed by atoms with Gasteiger partial charge in [0.1, 0.15) is 0 Å². The first-order valence-corrected chi connectivity index (χ1v) is 8.35. The maximum absolute atomic E-state index is 12.6. The SMILES string of the molecule is Cc1cccc2c(C(C)(C)NC(=O)C3C4CNC[C@@H]43)nn(C)c12. The molecule has 5 nitrogen and oxygen atoms in total. The summed E-state index contributed by atoms with van der Waals surface area (Å²) in [5.74, 6) is 1.44. The topological polar surface area (TPSA) is 59.0 Å². The van der Waals surface area contributed by atoms with Crippen LogP contribution in [0.4, 0.5) is 0 Å². The molecular formula is C18H24N4O. The van der Waals surface area contributed by atoms with E-state index in [0.29, 0.717) is 11.8 Å². The van der Waals surface area contributed by atoms with Crippen LogP contribution in [0.1, 0.15) is 25.1 Å². The van der Waals surface area contributed by atoms with E-state index < -0.39 is 5.54 Å². The number of hydrogen-bond acceptors (Lipinski definition) is 3. The quantitative estimate of drug-likeness (QED) is 0.907. The minimum absolute atomic E-state index is 0.179. The van der Waals surface area contributed by atoms with Crippen LogP contribution in [0.3, 0.4) is 0 Å². The van der Waals surface area contributed by atoms with Gasteiger partial charge in [0.05, 0.1) is 16.7 Å². The molecule has 1 aromatic carbocycles.